The number of anilines is 3. The summed E-state index contributed by atoms with van der Waals surface area (Å²) in [6, 6.07) is 14.7. The van der Waals surface area contributed by atoms with E-state index in [9.17, 15) is 19.2 Å². The molecule has 2 heterocycles. The number of nitrogen functional groups attached to an aromatic ring is 1. The smallest absolute Gasteiger partial charge is 0.247 e. The summed E-state index contributed by atoms with van der Waals surface area (Å²) in [5.41, 5.74) is 9.89. The highest BCUT2D eigenvalue weighted by Crippen LogP contribution is 2.46. The average Bonchev–Trinajstić information content (AvgIpc) is 3.59. The van der Waals surface area contributed by atoms with E-state index in [1.807, 2.05) is 23.7 Å². The Bertz CT molecular complexity index is 1710. The minimum Gasteiger partial charge on any atom is -0.495 e. The number of alkyl halides is 1. The van der Waals surface area contributed by atoms with Crippen LogP contribution < -0.4 is 21.1 Å². The fourth-order valence-corrected chi connectivity index (χ4v) is 4.86. The highest BCUT2D eigenvalue weighted by Gasteiger charge is 2.45. The minimum atomic E-state index is -1.41. The number of nitrogens with zero attached hydrogens (tertiary/aromatic N) is 3. The predicted octanol–water partition coefficient (Wildman–Crippen LogP) is 5.32. The minimum absolute atomic E-state index is 0.201. The zero-order chi connectivity index (χ0) is 28.6. The van der Waals surface area contributed by atoms with Gasteiger partial charge in [0.05, 0.1) is 41.4 Å². The van der Waals surface area contributed by atoms with Gasteiger partial charge >= 0.3 is 0 Å². The van der Waals surface area contributed by atoms with Crippen LogP contribution >= 0.6 is 0 Å². The first-order chi connectivity index (χ1) is 19.2. The number of aromatic nitrogens is 2. The van der Waals surface area contributed by atoms with Gasteiger partial charge in [-0.25, -0.2) is 9.37 Å². The molecule has 2 aromatic heterocycles. The van der Waals surface area contributed by atoms with Crippen LogP contribution in [0.2, 0.25) is 0 Å². The number of rotatable bonds is 8. The molecular weight excluding hydrogens is 511 g/mol. The van der Waals surface area contributed by atoms with Crippen LogP contribution in [0.4, 0.5) is 21.6 Å². The number of ether oxygens (including phenoxy) is 1. The Labute approximate surface area is 230 Å². The maximum atomic E-state index is 14.1. The Balaban J connectivity index is 1.66. The van der Waals surface area contributed by atoms with Gasteiger partial charge in [0.1, 0.15) is 23.3 Å². The van der Waals surface area contributed by atoms with Crippen molar-refractivity contribution >= 4 is 39.9 Å². The largest absolute Gasteiger partial charge is 0.495 e. The third kappa shape index (κ3) is 4.85. The molecule has 1 aliphatic rings. The van der Waals surface area contributed by atoms with Gasteiger partial charge in [-0.3, -0.25) is 9.59 Å². The van der Waals surface area contributed by atoms with Gasteiger partial charge < -0.3 is 25.7 Å². The number of halogens is 1. The lowest BCUT2D eigenvalue weighted by Crippen LogP contribution is -2.18. The summed E-state index contributed by atoms with van der Waals surface area (Å²) >= 11 is 0. The summed E-state index contributed by atoms with van der Waals surface area (Å²) in [5, 5.41) is 15.9. The molecule has 0 spiro atoms. The van der Waals surface area contributed by atoms with Crippen molar-refractivity contribution in [2.24, 2.45) is 7.05 Å². The monoisotopic (exact) mass is 538 g/mol. The average molecular weight is 539 g/mol. The molecule has 10 heteroatoms. The van der Waals surface area contributed by atoms with Crippen molar-refractivity contribution in [1.82, 2.24) is 9.55 Å². The van der Waals surface area contributed by atoms with Crippen LogP contribution in [-0.2, 0) is 16.6 Å². The third-order valence-corrected chi connectivity index (χ3v) is 7.00. The van der Waals surface area contributed by atoms with E-state index in [0.717, 1.165) is 11.3 Å². The fraction of sp³-hybridized carbons (Fsp3) is 0.200. The molecule has 0 saturated heterocycles. The van der Waals surface area contributed by atoms with Crippen molar-refractivity contribution in [3.63, 3.8) is 0 Å². The molecule has 1 aliphatic carbocycles. The molecule has 1 saturated carbocycles. The van der Waals surface area contributed by atoms with E-state index in [1.165, 1.54) is 19.4 Å². The fourth-order valence-electron chi connectivity index (χ4n) is 4.86. The molecule has 0 atom stereocenters. The number of benzene rings is 2. The van der Waals surface area contributed by atoms with E-state index in [2.05, 4.69) is 28.3 Å². The number of hydrogen-bond donors (Lipinski definition) is 3. The van der Waals surface area contributed by atoms with E-state index in [1.54, 1.807) is 30.3 Å². The number of methoxy groups -OCH3 is 1. The topological polar surface area (TPSA) is 135 Å². The number of fused-ring (bicyclic) bond motifs is 1. The highest BCUT2D eigenvalue weighted by atomic mass is 19.1. The second-order valence-electron chi connectivity index (χ2n) is 9.74. The van der Waals surface area contributed by atoms with Gasteiger partial charge in [0.15, 0.2) is 0 Å². The maximum Gasteiger partial charge on any atom is 0.247 e. The Hall–Kier alpha value is -5.17. The van der Waals surface area contributed by atoms with E-state index in [0.29, 0.717) is 57.6 Å². The van der Waals surface area contributed by atoms with E-state index >= 15 is 0 Å². The van der Waals surface area contributed by atoms with Crippen molar-refractivity contribution in [3.05, 3.63) is 66.9 Å². The quantitative estimate of drug-likeness (QED) is 0.260. The summed E-state index contributed by atoms with van der Waals surface area (Å²) < 4.78 is 21.6. The Morgan fingerprint density at radius 2 is 1.93 bits per heavy atom. The molecule has 0 unspecified atom stereocenters. The molecule has 2 amide bonds. The molecule has 4 N–H and O–H groups in total. The van der Waals surface area contributed by atoms with Gasteiger partial charge in [0, 0.05) is 24.5 Å². The number of carbonyl (C=O) groups excluding carboxylic acids is 2. The van der Waals surface area contributed by atoms with Gasteiger partial charge in [0.25, 0.3) is 0 Å². The molecule has 2 aromatic carbocycles. The van der Waals surface area contributed by atoms with Gasteiger partial charge in [-0.2, -0.15) is 5.26 Å². The molecule has 0 aliphatic heterocycles. The van der Waals surface area contributed by atoms with Gasteiger partial charge in [-0.05, 0) is 54.3 Å². The lowest BCUT2D eigenvalue weighted by Gasteiger charge is -2.14. The molecule has 40 heavy (non-hydrogen) atoms. The Kier molecular flexibility index (Phi) is 6.73. The van der Waals surface area contributed by atoms with Crippen LogP contribution in [0.25, 0.3) is 33.3 Å². The van der Waals surface area contributed by atoms with Crippen LogP contribution in [0, 0.1) is 11.3 Å². The van der Waals surface area contributed by atoms with E-state index in [4.69, 9.17) is 10.5 Å². The molecule has 202 valence electrons. The second kappa shape index (κ2) is 10.2. The van der Waals surface area contributed by atoms with Crippen LogP contribution in [0.5, 0.6) is 5.75 Å². The number of hydrogen-bond acceptors (Lipinski definition) is 6. The summed E-state index contributed by atoms with van der Waals surface area (Å²) in [5.74, 6) is -0.126. The summed E-state index contributed by atoms with van der Waals surface area (Å²) in [6.45, 7) is 3.47. The number of amides is 2. The van der Waals surface area contributed by atoms with Crippen molar-refractivity contribution in [2.75, 3.05) is 23.5 Å². The zero-order valence-corrected chi connectivity index (χ0v) is 22.0. The Morgan fingerprint density at radius 1 is 1.23 bits per heavy atom. The van der Waals surface area contributed by atoms with Crippen LogP contribution in [0.3, 0.4) is 0 Å². The normalized spacial score (nSPS) is 13.3. The number of aryl methyl sites for hydroxylation is 1. The number of nitrogens with two attached hydrogens (primary N) is 1. The maximum absolute atomic E-state index is 14.1. The SMILES string of the molecule is C=CC(=O)Nc1ccc(-c2c(-c3ccc(NC(=O)CC4(F)CC4)c(OC)c3)c3c(N)ncc(C#N)c3n2C)cc1. The summed E-state index contributed by atoms with van der Waals surface area (Å²) in [6.07, 6.45) is 3.21. The molecule has 9 nitrogen and oxygen atoms in total. The van der Waals surface area contributed by atoms with Crippen molar-refractivity contribution in [1.29, 1.82) is 5.26 Å². The van der Waals surface area contributed by atoms with Crippen molar-refractivity contribution < 1.29 is 18.7 Å². The second-order valence-corrected chi connectivity index (χ2v) is 9.74. The summed E-state index contributed by atoms with van der Waals surface area (Å²) in [4.78, 5) is 28.4. The first kappa shape index (κ1) is 26.4. The van der Waals surface area contributed by atoms with Crippen LogP contribution in [0.15, 0.2) is 61.3 Å². The van der Waals surface area contributed by atoms with Crippen molar-refractivity contribution in [2.45, 2.75) is 24.9 Å². The predicted molar refractivity (Wildman–Crippen MR) is 152 cm³/mol. The first-order valence-corrected chi connectivity index (χ1v) is 12.6. The molecule has 0 bridgehead atoms. The van der Waals surface area contributed by atoms with E-state index < -0.39 is 11.6 Å². The lowest BCUT2D eigenvalue weighted by molar-refractivity contribution is -0.117. The van der Waals surface area contributed by atoms with Crippen LogP contribution in [0.1, 0.15) is 24.8 Å². The number of nitriles is 1. The highest BCUT2D eigenvalue weighted by molar-refractivity contribution is 6.11. The first-order valence-electron chi connectivity index (χ1n) is 12.6. The van der Waals surface area contributed by atoms with Gasteiger partial charge in [-0.1, -0.05) is 24.8 Å². The van der Waals surface area contributed by atoms with E-state index in [-0.39, 0.29) is 18.1 Å². The molecule has 4 aromatic rings. The number of nitrogens with one attached hydrogen (secondary N) is 2. The zero-order valence-electron chi connectivity index (χ0n) is 22.0. The number of pyridine rings is 1. The lowest BCUT2D eigenvalue weighted by atomic mass is 9.97. The number of carbonyl (C=O) groups is 2. The third-order valence-electron chi connectivity index (χ3n) is 7.00. The van der Waals surface area contributed by atoms with Gasteiger partial charge in [-0.15, -0.1) is 0 Å². The van der Waals surface area contributed by atoms with Crippen LogP contribution in [-0.4, -0.2) is 34.1 Å². The Morgan fingerprint density at radius 3 is 2.55 bits per heavy atom. The van der Waals surface area contributed by atoms with Crippen molar-refractivity contribution in [3.8, 4) is 34.2 Å². The molecule has 1 fully saturated rings. The molecular formula is C30H27FN6O3. The molecule has 5 rings (SSSR count). The summed E-state index contributed by atoms with van der Waals surface area (Å²) in [7, 11) is 3.32. The van der Waals surface area contributed by atoms with Gasteiger partial charge in [0.2, 0.25) is 11.8 Å². The standard InChI is InChI=1S/C30H27FN6O3/c1-4-23(38)35-20-8-5-17(6-9-20)27-25(26-28(37(27)2)19(15-32)16-34-29(26)33)18-7-10-21(22(13-18)40-3)36-24(39)14-30(31)11-12-30/h4-10,13,16H,1,11-12,14H2,2-3H3,(H2,33,34)(H,35,38)(H,36,39). The molecule has 0 radical (unpaired) electrons.